The second-order valence-corrected chi connectivity index (χ2v) is 7.50. The first-order chi connectivity index (χ1) is 9.92. The zero-order valence-corrected chi connectivity index (χ0v) is 15.6. The highest BCUT2D eigenvalue weighted by Crippen LogP contribution is 2.25. The van der Waals surface area contributed by atoms with E-state index in [1.807, 2.05) is 4.68 Å². The molecule has 2 heterocycles. The predicted molar refractivity (Wildman–Crippen MR) is 91.4 cm³/mol. The maximum absolute atomic E-state index is 4.63. The summed E-state index contributed by atoms with van der Waals surface area (Å²) in [6, 6.07) is 1.18. The van der Waals surface area contributed by atoms with Crippen LogP contribution in [0.25, 0.3) is 0 Å². The lowest BCUT2D eigenvalue weighted by atomic mass is 9.99. The lowest BCUT2D eigenvalue weighted by Crippen LogP contribution is -2.55. The lowest BCUT2D eigenvalue weighted by molar-refractivity contribution is 0.108. The van der Waals surface area contributed by atoms with E-state index in [-0.39, 0.29) is 0 Å². The molecule has 4 nitrogen and oxygen atoms in total. The number of hydrogen-bond acceptors (Lipinski definition) is 3. The van der Waals surface area contributed by atoms with E-state index in [1.165, 1.54) is 16.6 Å². The second kappa shape index (κ2) is 7.25. The Morgan fingerprint density at radius 3 is 2.71 bits per heavy atom. The molecule has 0 aromatic carbocycles. The molecule has 1 aliphatic heterocycles. The molecule has 0 spiro atoms. The van der Waals surface area contributed by atoms with Gasteiger partial charge in [0.2, 0.25) is 0 Å². The molecule has 0 radical (unpaired) electrons. The third-order valence-corrected chi connectivity index (χ3v) is 5.24. The van der Waals surface area contributed by atoms with Gasteiger partial charge in [-0.05, 0) is 41.6 Å². The lowest BCUT2D eigenvalue weighted by Gasteiger charge is -2.40. The molecule has 0 amide bonds. The molecule has 1 saturated heterocycles. The number of nitrogens with one attached hydrogen (secondary N) is 1. The van der Waals surface area contributed by atoms with Crippen molar-refractivity contribution in [1.82, 2.24) is 20.0 Å². The van der Waals surface area contributed by atoms with E-state index >= 15 is 0 Å². The highest BCUT2D eigenvalue weighted by atomic mass is 79.9. The fourth-order valence-corrected chi connectivity index (χ4v) is 3.93. The van der Waals surface area contributed by atoms with Gasteiger partial charge in [-0.25, -0.2) is 0 Å². The fraction of sp³-hybridized carbons (Fsp3) is 0.812. The van der Waals surface area contributed by atoms with E-state index < -0.39 is 0 Å². The van der Waals surface area contributed by atoms with Gasteiger partial charge in [-0.3, -0.25) is 9.58 Å². The van der Waals surface area contributed by atoms with Gasteiger partial charge in [0.25, 0.3) is 0 Å². The molecular formula is C16H29BrN4. The summed E-state index contributed by atoms with van der Waals surface area (Å²) >= 11 is 3.75. The minimum Gasteiger partial charge on any atom is -0.311 e. The average Bonchev–Trinajstić information content (AvgIpc) is 2.68. The van der Waals surface area contributed by atoms with Crippen molar-refractivity contribution in [1.29, 1.82) is 0 Å². The van der Waals surface area contributed by atoms with Gasteiger partial charge >= 0.3 is 0 Å². The topological polar surface area (TPSA) is 33.1 Å². The van der Waals surface area contributed by atoms with Crippen LogP contribution < -0.4 is 5.32 Å². The molecule has 1 aromatic heterocycles. The number of hydrogen-bond donors (Lipinski definition) is 1. The Hall–Kier alpha value is -0.390. The van der Waals surface area contributed by atoms with Crippen molar-refractivity contribution >= 4 is 15.9 Å². The first-order valence-electron chi connectivity index (χ1n) is 8.10. The minimum atomic E-state index is 0.561. The SMILES string of the molecule is CCc1nn(C)c(CN2CC(C)NCC2CC(C)C)c1Br. The summed E-state index contributed by atoms with van der Waals surface area (Å²) in [5, 5.41) is 8.25. The number of aryl methyl sites for hydroxylation is 2. The first-order valence-corrected chi connectivity index (χ1v) is 8.89. The third-order valence-electron chi connectivity index (χ3n) is 4.33. The molecule has 2 atom stereocenters. The van der Waals surface area contributed by atoms with Crippen LogP contribution in [0, 0.1) is 5.92 Å². The van der Waals surface area contributed by atoms with Crippen molar-refractivity contribution in [2.24, 2.45) is 13.0 Å². The predicted octanol–water partition coefficient (Wildman–Crippen LogP) is 2.95. The molecule has 0 saturated carbocycles. The third kappa shape index (κ3) is 4.08. The molecular weight excluding hydrogens is 328 g/mol. The van der Waals surface area contributed by atoms with Crippen molar-refractivity contribution in [3.05, 3.63) is 15.9 Å². The van der Waals surface area contributed by atoms with Crippen LogP contribution in [-0.4, -0.2) is 39.9 Å². The van der Waals surface area contributed by atoms with Crippen molar-refractivity contribution in [3.8, 4) is 0 Å². The molecule has 21 heavy (non-hydrogen) atoms. The Morgan fingerprint density at radius 2 is 2.14 bits per heavy atom. The maximum Gasteiger partial charge on any atom is 0.0767 e. The van der Waals surface area contributed by atoms with Crippen LogP contribution in [0.3, 0.4) is 0 Å². The molecule has 1 fully saturated rings. The monoisotopic (exact) mass is 356 g/mol. The van der Waals surface area contributed by atoms with Gasteiger partial charge in [0.1, 0.15) is 0 Å². The van der Waals surface area contributed by atoms with Crippen LogP contribution in [0.5, 0.6) is 0 Å². The summed E-state index contributed by atoms with van der Waals surface area (Å²) in [5.41, 5.74) is 2.46. The summed E-state index contributed by atoms with van der Waals surface area (Å²) in [7, 11) is 2.06. The van der Waals surface area contributed by atoms with Gasteiger partial charge < -0.3 is 5.32 Å². The molecule has 120 valence electrons. The first kappa shape index (κ1) is 17.0. The molecule has 1 aliphatic rings. The normalized spacial score (nSPS) is 24.0. The summed E-state index contributed by atoms with van der Waals surface area (Å²) in [4.78, 5) is 2.63. The van der Waals surface area contributed by atoms with Gasteiger partial charge in [0.05, 0.1) is 15.9 Å². The molecule has 1 N–H and O–H groups in total. The minimum absolute atomic E-state index is 0.561. The van der Waals surface area contributed by atoms with Gasteiger partial charge in [-0.1, -0.05) is 20.8 Å². The van der Waals surface area contributed by atoms with Crippen LogP contribution >= 0.6 is 15.9 Å². The maximum atomic E-state index is 4.63. The molecule has 5 heteroatoms. The summed E-state index contributed by atoms with van der Waals surface area (Å²) in [6.45, 7) is 12.2. The highest BCUT2D eigenvalue weighted by Gasteiger charge is 2.28. The zero-order valence-electron chi connectivity index (χ0n) is 14.0. The van der Waals surface area contributed by atoms with E-state index in [0.29, 0.717) is 12.1 Å². The number of piperazine rings is 1. The molecule has 1 aromatic rings. The van der Waals surface area contributed by atoms with Crippen LogP contribution in [0.4, 0.5) is 0 Å². The average molecular weight is 357 g/mol. The van der Waals surface area contributed by atoms with Gasteiger partial charge in [-0.2, -0.15) is 5.10 Å². The van der Waals surface area contributed by atoms with E-state index in [2.05, 4.69) is 66.0 Å². The van der Waals surface area contributed by atoms with Crippen molar-refractivity contribution in [3.63, 3.8) is 0 Å². The Morgan fingerprint density at radius 1 is 1.43 bits per heavy atom. The van der Waals surface area contributed by atoms with Crippen molar-refractivity contribution in [2.75, 3.05) is 13.1 Å². The van der Waals surface area contributed by atoms with Crippen molar-refractivity contribution < 1.29 is 0 Å². The fourth-order valence-electron chi connectivity index (χ4n) is 3.19. The summed E-state index contributed by atoms with van der Waals surface area (Å²) in [6.07, 6.45) is 2.22. The second-order valence-electron chi connectivity index (χ2n) is 6.71. The van der Waals surface area contributed by atoms with E-state index in [0.717, 1.165) is 37.7 Å². The standard InChI is InChI=1S/C16H29BrN4/c1-6-14-16(17)15(20(5)19-14)10-21-9-12(4)18-8-13(21)7-11(2)3/h11-13,18H,6-10H2,1-5H3. The highest BCUT2D eigenvalue weighted by molar-refractivity contribution is 9.10. The summed E-state index contributed by atoms with van der Waals surface area (Å²) in [5.74, 6) is 0.730. The van der Waals surface area contributed by atoms with Gasteiger partial charge in [0, 0.05) is 38.8 Å². The largest absolute Gasteiger partial charge is 0.311 e. The van der Waals surface area contributed by atoms with Crippen LogP contribution in [0.2, 0.25) is 0 Å². The zero-order chi connectivity index (χ0) is 15.6. The van der Waals surface area contributed by atoms with E-state index in [9.17, 15) is 0 Å². The Labute approximate surface area is 137 Å². The van der Waals surface area contributed by atoms with Crippen LogP contribution in [0.15, 0.2) is 4.47 Å². The molecule has 2 unspecified atom stereocenters. The Bertz CT molecular complexity index is 469. The quantitative estimate of drug-likeness (QED) is 0.880. The van der Waals surface area contributed by atoms with Crippen molar-refractivity contribution in [2.45, 2.75) is 59.2 Å². The molecule has 2 rings (SSSR count). The van der Waals surface area contributed by atoms with Crippen LogP contribution in [0.1, 0.15) is 45.5 Å². The number of aromatic nitrogens is 2. The van der Waals surface area contributed by atoms with Crippen LogP contribution in [-0.2, 0) is 20.0 Å². The Kier molecular flexibility index (Phi) is 5.86. The van der Waals surface area contributed by atoms with E-state index in [4.69, 9.17) is 0 Å². The number of halogens is 1. The molecule has 0 aliphatic carbocycles. The number of nitrogens with zero attached hydrogens (tertiary/aromatic N) is 3. The molecule has 0 bridgehead atoms. The summed E-state index contributed by atoms with van der Waals surface area (Å²) < 4.78 is 3.24. The smallest absolute Gasteiger partial charge is 0.0767 e. The van der Waals surface area contributed by atoms with E-state index in [1.54, 1.807) is 0 Å². The Balaban J connectivity index is 2.16. The van der Waals surface area contributed by atoms with Gasteiger partial charge in [-0.15, -0.1) is 0 Å². The number of rotatable bonds is 5. The van der Waals surface area contributed by atoms with Gasteiger partial charge in [0.15, 0.2) is 0 Å².